The molecule has 0 saturated heterocycles. The Morgan fingerprint density at radius 1 is 1.39 bits per heavy atom. The molecule has 0 radical (unpaired) electrons. The van der Waals surface area contributed by atoms with E-state index in [0.717, 1.165) is 22.3 Å². The number of rotatable bonds is 7. The van der Waals surface area contributed by atoms with Gasteiger partial charge in [0.25, 0.3) is 6.43 Å². The second kappa shape index (κ2) is 7.19. The first-order chi connectivity index (χ1) is 8.51. The monoisotopic (exact) mass is 323 g/mol. The zero-order valence-corrected chi connectivity index (χ0v) is 12.6. The van der Waals surface area contributed by atoms with E-state index in [1.54, 1.807) is 4.68 Å². The van der Waals surface area contributed by atoms with Gasteiger partial charge in [0, 0.05) is 13.0 Å². The Balaban J connectivity index is 2.85. The second-order valence-electron chi connectivity index (χ2n) is 4.26. The van der Waals surface area contributed by atoms with Gasteiger partial charge in [0.2, 0.25) is 0 Å². The molecular formula is C12H20BrF2N3. The van der Waals surface area contributed by atoms with Crippen molar-refractivity contribution in [1.82, 2.24) is 15.1 Å². The van der Waals surface area contributed by atoms with Crippen LogP contribution in [-0.2, 0) is 13.0 Å². The van der Waals surface area contributed by atoms with Crippen molar-refractivity contribution < 1.29 is 8.78 Å². The highest BCUT2D eigenvalue weighted by Gasteiger charge is 2.23. The standard InChI is InChI=1S/C12H20BrF2N3/c1-4-6-16-9(12(14)15)7-10-11(13)8(3)17-18(10)5-2/h9,12,16H,4-7H2,1-3H3. The minimum atomic E-state index is -2.37. The van der Waals surface area contributed by atoms with Gasteiger partial charge in [0.1, 0.15) is 0 Å². The number of alkyl halides is 2. The fourth-order valence-corrected chi connectivity index (χ4v) is 2.30. The molecule has 6 heteroatoms. The van der Waals surface area contributed by atoms with Crippen molar-refractivity contribution in [3.63, 3.8) is 0 Å². The van der Waals surface area contributed by atoms with E-state index >= 15 is 0 Å². The van der Waals surface area contributed by atoms with Gasteiger partial charge in [-0.2, -0.15) is 5.10 Å². The third-order valence-corrected chi connectivity index (χ3v) is 3.86. The molecule has 0 aliphatic rings. The summed E-state index contributed by atoms with van der Waals surface area (Å²) in [6, 6.07) is -0.817. The molecule has 0 saturated carbocycles. The highest BCUT2D eigenvalue weighted by molar-refractivity contribution is 9.10. The van der Waals surface area contributed by atoms with Crippen molar-refractivity contribution in [2.45, 2.75) is 52.6 Å². The SMILES string of the molecule is CCCNC(Cc1c(Br)c(C)nn1CC)C(F)F. The van der Waals surface area contributed by atoms with Crippen LogP contribution in [0.15, 0.2) is 4.47 Å². The van der Waals surface area contributed by atoms with Crippen LogP contribution in [0.1, 0.15) is 31.7 Å². The van der Waals surface area contributed by atoms with E-state index in [0.29, 0.717) is 13.1 Å². The Kier molecular flexibility index (Phi) is 6.21. The maximum Gasteiger partial charge on any atom is 0.254 e. The van der Waals surface area contributed by atoms with Crippen LogP contribution in [0, 0.1) is 6.92 Å². The number of halogens is 3. The summed E-state index contributed by atoms with van der Waals surface area (Å²) in [6.45, 7) is 7.08. The van der Waals surface area contributed by atoms with Gasteiger partial charge in [-0.3, -0.25) is 4.68 Å². The minimum Gasteiger partial charge on any atom is -0.309 e. The molecule has 1 heterocycles. The van der Waals surface area contributed by atoms with Gasteiger partial charge >= 0.3 is 0 Å². The summed E-state index contributed by atoms with van der Waals surface area (Å²) in [4.78, 5) is 0. The first-order valence-corrected chi connectivity index (χ1v) is 7.03. The zero-order valence-electron chi connectivity index (χ0n) is 11.0. The van der Waals surface area contributed by atoms with Gasteiger partial charge in [0.15, 0.2) is 0 Å². The maximum absolute atomic E-state index is 13.0. The van der Waals surface area contributed by atoms with Crippen LogP contribution < -0.4 is 5.32 Å². The molecule has 0 aromatic carbocycles. The van der Waals surface area contributed by atoms with Crippen molar-refractivity contribution >= 4 is 15.9 Å². The quantitative estimate of drug-likeness (QED) is 0.835. The number of hydrogen-bond acceptors (Lipinski definition) is 2. The van der Waals surface area contributed by atoms with E-state index in [-0.39, 0.29) is 6.42 Å². The summed E-state index contributed by atoms with van der Waals surface area (Å²) in [5.41, 5.74) is 1.68. The number of aryl methyl sites for hydroxylation is 2. The highest BCUT2D eigenvalue weighted by atomic mass is 79.9. The molecular weight excluding hydrogens is 304 g/mol. The first-order valence-electron chi connectivity index (χ1n) is 6.24. The van der Waals surface area contributed by atoms with E-state index in [1.165, 1.54) is 0 Å². The van der Waals surface area contributed by atoms with Gasteiger partial charge in [-0.05, 0) is 42.7 Å². The lowest BCUT2D eigenvalue weighted by Gasteiger charge is -2.18. The first kappa shape index (κ1) is 15.6. The van der Waals surface area contributed by atoms with Crippen molar-refractivity contribution in [3.05, 3.63) is 15.9 Å². The lowest BCUT2D eigenvalue weighted by molar-refractivity contribution is 0.0972. The highest BCUT2D eigenvalue weighted by Crippen LogP contribution is 2.23. The Bertz CT molecular complexity index is 380. The third-order valence-electron chi connectivity index (χ3n) is 2.83. The molecule has 1 rings (SSSR count). The predicted octanol–water partition coefficient (Wildman–Crippen LogP) is 3.15. The summed E-state index contributed by atoms with van der Waals surface area (Å²) in [5.74, 6) is 0. The molecule has 0 aliphatic heterocycles. The summed E-state index contributed by atoms with van der Waals surface area (Å²) < 4.78 is 28.6. The van der Waals surface area contributed by atoms with Crippen LogP contribution in [0.3, 0.4) is 0 Å². The van der Waals surface area contributed by atoms with Gasteiger partial charge in [-0.25, -0.2) is 8.78 Å². The van der Waals surface area contributed by atoms with Crippen molar-refractivity contribution in [2.24, 2.45) is 0 Å². The van der Waals surface area contributed by atoms with Crippen molar-refractivity contribution in [3.8, 4) is 0 Å². The van der Waals surface area contributed by atoms with Crippen LogP contribution in [0.25, 0.3) is 0 Å². The van der Waals surface area contributed by atoms with E-state index in [2.05, 4.69) is 26.3 Å². The summed E-state index contributed by atoms with van der Waals surface area (Å²) >= 11 is 3.43. The summed E-state index contributed by atoms with van der Waals surface area (Å²) in [5, 5.41) is 7.21. The number of aromatic nitrogens is 2. The average Bonchev–Trinajstić information content (AvgIpc) is 2.61. The zero-order chi connectivity index (χ0) is 13.7. The molecule has 3 nitrogen and oxygen atoms in total. The molecule has 0 aliphatic carbocycles. The Labute approximate surface area is 115 Å². The van der Waals surface area contributed by atoms with E-state index in [4.69, 9.17) is 0 Å². The molecule has 1 aromatic heterocycles. The molecule has 1 N–H and O–H groups in total. The molecule has 1 unspecified atom stereocenters. The summed E-state index contributed by atoms with van der Waals surface area (Å²) in [6.07, 6.45) is -1.24. The molecule has 104 valence electrons. The smallest absolute Gasteiger partial charge is 0.254 e. The van der Waals surface area contributed by atoms with Crippen molar-refractivity contribution in [1.29, 1.82) is 0 Å². The molecule has 0 fully saturated rings. The van der Waals surface area contributed by atoms with E-state index in [9.17, 15) is 8.78 Å². The molecule has 18 heavy (non-hydrogen) atoms. The Morgan fingerprint density at radius 2 is 2.06 bits per heavy atom. The fourth-order valence-electron chi connectivity index (χ4n) is 1.85. The maximum atomic E-state index is 13.0. The van der Waals surface area contributed by atoms with Crippen LogP contribution in [0.4, 0.5) is 8.78 Å². The topological polar surface area (TPSA) is 29.9 Å². The van der Waals surface area contributed by atoms with Crippen molar-refractivity contribution in [2.75, 3.05) is 6.54 Å². The van der Waals surface area contributed by atoms with Crippen LogP contribution in [0.2, 0.25) is 0 Å². The third kappa shape index (κ3) is 3.75. The number of hydrogen-bond donors (Lipinski definition) is 1. The van der Waals surface area contributed by atoms with Gasteiger partial charge in [0.05, 0.1) is 21.9 Å². The van der Waals surface area contributed by atoms with Gasteiger partial charge < -0.3 is 5.32 Å². The Hall–Kier alpha value is -0.490. The van der Waals surface area contributed by atoms with E-state index < -0.39 is 12.5 Å². The largest absolute Gasteiger partial charge is 0.309 e. The van der Waals surface area contributed by atoms with E-state index in [1.807, 2.05) is 20.8 Å². The second-order valence-corrected chi connectivity index (χ2v) is 5.05. The lowest BCUT2D eigenvalue weighted by Crippen LogP contribution is -2.38. The van der Waals surface area contributed by atoms with Crippen LogP contribution in [-0.4, -0.2) is 28.8 Å². The number of nitrogens with one attached hydrogen (secondary N) is 1. The number of nitrogens with zero attached hydrogens (tertiary/aromatic N) is 2. The molecule has 0 amide bonds. The molecule has 1 atom stereocenters. The van der Waals surface area contributed by atoms with Gasteiger partial charge in [-0.15, -0.1) is 0 Å². The fraction of sp³-hybridized carbons (Fsp3) is 0.750. The summed E-state index contributed by atoms with van der Waals surface area (Å²) in [7, 11) is 0. The molecule has 0 bridgehead atoms. The van der Waals surface area contributed by atoms with Crippen LogP contribution >= 0.6 is 15.9 Å². The average molecular weight is 324 g/mol. The Morgan fingerprint density at radius 3 is 2.56 bits per heavy atom. The van der Waals surface area contributed by atoms with Gasteiger partial charge in [-0.1, -0.05) is 6.92 Å². The molecule has 0 spiro atoms. The normalized spacial score (nSPS) is 13.3. The predicted molar refractivity (Wildman–Crippen MR) is 72.1 cm³/mol. The minimum absolute atomic E-state index is 0.285. The molecule has 1 aromatic rings. The van der Waals surface area contributed by atoms with Crippen LogP contribution in [0.5, 0.6) is 0 Å². The lowest BCUT2D eigenvalue weighted by atomic mass is 10.1.